The van der Waals surface area contributed by atoms with Gasteiger partial charge in [0, 0.05) is 49.4 Å². The summed E-state index contributed by atoms with van der Waals surface area (Å²) in [7, 11) is 0. The second-order valence-electron chi connectivity index (χ2n) is 7.83. The van der Waals surface area contributed by atoms with Gasteiger partial charge in [-0.25, -0.2) is 4.98 Å². The predicted molar refractivity (Wildman–Crippen MR) is 127 cm³/mol. The number of pyridine rings is 1. The van der Waals surface area contributed by atoms with Crippen LogP contribution in [0.25, 0.3) is 10.9 Å². The molecule has 1 fully saturated rings. The molecule has 1 N–H and O–H groups in total. The first-order valence-electron chi connectivity index (χ1n) is 10.5. The average molecular weight is 454 g/mol. The lowest BCUT2D eigenvalue weighted by Crippen LogP contribution is -2.46. The zero-order valence-electron chi connectivity index (χ0n) is 18.0. The van der Waals surface area contributed by atoms with Crippen molar-refractivity contribution < 1.29 is 9.72 Å². The monoisotopic (exact) mass is 453 g/mol. The van der Waals surface area contributed by atoms with Gasteiger partial charge in [0.15, 0.2) is 0 Å². The number of nitrogens with one attached hydrogen (secondary N) is 1. The molecule has 1 amide bonds. The number of carbonyl (C=O) groups is 1. The second kappa shape index (κ2) is 9.10. The van der Waals surface area contributed by atoms with Gasteiger partial charge in [0.2, 0.25) is 0 Å². The highest BCUT2D eigenvalue weighted by Crippen LogP contribution is 2.27. The number of hydrogen-bond acceptors (Lipinski definition) is 6. The lowest BCUT2D eigenvalue weighted by Gasteiger charge is -2.35. The Morgan fingerprint density at radius 1 is 1.16 bits per heavy atom. The van der Waals surface area contributed by atoms with E-state index >= 15 is 0 Å². The first kappa shape index (κ1) is 22.0. The smallest absolute Gasteiger partial charge is 0.270 e. The molecule has 1 aliphatic heterocycles. The highest BCUT2D eigenvalue weighted by atomic mass is 35.5. The molecule has 4 rings (SSSR count). The van der Waals surface area contributed by atoms with E-state index in [9.17, 15) is 14.9 Å². The average Bonchev–Trinajstić information content (AvgIpc) is 2.79. The van der Waals surface area contributed by atoms with Gasteiger partial charge >= 0.3 is 0 Å². The molecular weight excluding hydrogens is 430 g/mol. The molecule has 0 aliphatic carbocycles. The molecule has 0 bridgehead atoms. The minimum atomic E-state index is -0.551. The molecule has 0 saturated carbocycles. The highest BCUT2D eigenvalue weighted by Gasteiger charge is 2.19. The van der Waals surface area contributed by atoms with E-state index in [0.717, 1.165) is 55.0 Å². The lowest BCUT2D eigenvalue weighted by molar-refractivity contribution is -0.384. The van der Waals surface area contributed by atoms with E-state index in [4.69, 9.17) is 16.6 Å². The maximum Gasteiger partial charge on any atom is 0.270 e. The van der Waals surface area contributed by atoms with Gasteiger partial charge < -0.3 is 15.1 Å². The maximum absolute atomic E-state index is 12.7. The number of fused-ring (bicyclic) bond motifs is 1. The van der Waals surface area contributed by atoms with Gasteiger partial charge in [-0.3, -0.25) is 14.9 Å². The summed E-state index contributed by atoms with van der Waals surface area (Å²) in [6.07, 6.45) is 0. The number of nitro benzene ring substituents is 1. The summed E-state index contributed by atoms with van der Waals surface area (Å²) >= 11 is 6.08. The maximum atomic E-state index is 12.7. The van der Waals surface area contributed by atoms with E-state index in [-0.39, 0.29) is 16.3 Å². The van der Waals surface area contributed by atoms with Crippen LogP contribution in [0.1, 0.15) is 22.8 Å². The number of nitrogens with zero attached hydrogens (tertiary/aromatic N) is 4. The quantitative estimate of drug-likeness (QED) is 0.451. The van der Waals surface area contributed by atoms with Crippen LogP contribution in [0.4, 0.5) is 17.2 Å². The molecule has 0 atom stereocenters. The molecule has 166 valence electrons. The molecule has 3 aromatic rings. The second-order valence-corrected chi connectivity index (χ2v) is 8.23. The molecule has 32 heavy (non-hydrogen) atoms. The van der Waals surface area contributed by atoms with Crippen LogP contribution in [0.5, 0.6) is 0 Å². The van der Waals surface area contributed by atoms with Crippen molar-refractivity contribution >= 4 is 45.6 Å². The number of carbonyl (C=O) groups excluding carboxylic acids is 1. The van der Waals surface area contributed by atoms with Crippen LogP contribution in [0.15, 0.2) is 42.5 Å². The molecule has 1 aliphatic rings. The number of aryl methyl sites for hydroxylation is 1. The largest absolute Gasteiger partial charge is 0.354 e. The number of amides is 1. The first-order valence-corrected chi connectivity index (χ1v) is 10.9. The zero-order valence-corrected chi connectivity index (χ0v) is 18.7. The Balaban J connectivity index is 1.54. The minimum absolute atomic E-state index is 0.0307. The summed E-state index contributed by atoms with van der Waals surface area (Å²) in [5.74, 6) is 0.542. The van der Waals surface area contributed by atoms with Gasteiger partial charge in [-0.15, -0.1) is 0 Å². The fourth-order valence-corrected chi connectivity index (χ4v) is 4.17. The van der Waals surface area contributed by atoms with Crippen LogP contribution >= 0.6 is 11.6 Å². The SMILES string of the molecule is CCN1CCN(c2cc(C)c3cc(NC(=O)c4ccc([N+](=O)[O-])cc4Cl)ccc3n2)CC1. The van der Waals surface area contributed by atoms with Crippen molar-refractivity contribution in [1.82, 2.24) is 9.88 Å². The summed E-state index contributed by atoms with van der Waals surface area (Å²) < 4.78 is 0. The van der Waals surface area contributed by atoms with Crippen molar-refractivity contribution in [1.29, 1.82) is 0 Å². The predicted octanol–water partition coefficient (Wildman–Crippen LogP) is 4.50. The molecule has 1 aromatic heterocycles. The Morgan fingerprint density at radius 3 is 2.56 bits per heavy atom. The van der Waals surface area contributed by atoms with Crippen molar-refractivity contribution in [3.63, 3.8) is 0 Å². The molecule has 0 unspecified atom stereocenters. The molecule has 9 heteroatoms. The molecule has 1 saturated heterocycles. The number of non-ortho nitro benzene ring substituents is 1. The van der Waals surface area contributed by atoms with Gasteiger partial charge in [-0.05, 0) is 49.4 Å². The van der Waals surface area contributed by atoms with Crippen LogP contribution in [-0.2, 0) is 0 Å². The van der Waals surface area contributed by atoms with Crippen molar-refractivity contribution in [3.05, 3.63) is 68.7 Å². The van der Waals surface area contributed by atoms with E-state index in [0.29, 0.717) is 5.69 Å². The number of benzene rings is 2. The van der Waals surface area contributed by atoms with E-state index in [1.54, 1.807) is 6.07 Å². The number of likely N-dealkylation sites (N-methyl/N-ethyl adjacent to an activating group) is 1. The minimum Gasteiger partial charge on any atom is -0.354 e. The standard InChI is InChI=1S/C23H24ClN5O3/c1-3-27-8-10-28(11-9-27)22-12-15(2)19-13-16(4-7-21(19)26-22)25-23(30)18-6-5-17(29(31)32)14-20(18)24/h4-7,12-14H,3,8-11H2,1-2H3,(H,25,30). The molecule has 2 aromatic carbocycles. The van der Waals surface area contributed by atoms with Crippen LogP contribution < -0.4 is 10.2 Å². The van der Waals surface area contributed by atoms with Crippen molar-refractivity contribution in [2.75, 3.05) is 42.9 Å². The Kier molecular flexibility index (Phi) is 6.25. The van der Waals surface area contributed by atoms with Crippen LogP contribution in [0.3, 0.4) is 0 Å². The number of nitro groups is 1. The highest BCUT2D eigenvalue weighted by molar-refractivity contribution is 6.34. The summed E-state index contributed by atoms with van der Waals surface area (Å²) in [5, 5.41) is 14.7. The van der Waals surface area contributed by atoms with Crippen molar-refractivity contribution in [3.8, 4) is 0 Å². The first-order chi connectivity index (χ1) is 15.4. The fourth-order valence-electron chi connectivity index (χ4n) is 3.91. The molecular formula is C23H24ClN5O3. The van der Waals surface area contributed by atoms with Crippen LogP contribution in [-0.4, -0.2) is 53.4 Å². The van der Waals surface area contributed by atoms with Crippen molar-refractivity contribution in [2.45, 2.75) is 13.8 Å². The Morgan fingerprint density at radius 2 is 1.91 bits per heavy atom. The Hall–Kier alpha value is -3.23. The van der Waals surface area contributed by atoms with Gasteiger partial charge in [0.1, 0.15) is 5.82 Å². The third kappa shape index (κ3) is 4.51. The van der Waals surface area contributed by atoms with Gasteiger partial charge in [-0.1, -0.05) is 18.5 Å². The number of rotatable bonds is 5. The molecule has 8 nitrogen and oxygen atoms in total. The molecule has 2 heterocycles. The number of anilines is 2. The zero-order chi connectivity index (χ0) is 22.8. The summed E-state index contributed by atoms with van der Waals surface area (Å²) in [5.41, 5.74) is 2.56. The third-order valence-corrected chi connectivity index (χ3v) is 6.12. The normalized spacial score (nSPS) is 14.5. The van der Waals surface area contributed by atoms with Gasteiger partial charge in [0.05, 0.1) is 21.0 Å². The topological polar surface area (TPSA) is 91.6 Å². The van der Waals surface area contributed by atoms with E-state index < -0.39 is 10.8 Å². The summed E-state index contributed by atoms with van der Waals surface area (Å²) in [6, 6.07) is 11.4. The molecule has 0 radical (unpaired) electrons. The van der Waals surface area contributed by atoms with Crippen LogP contribution in [0.2, 0.25) is 5.02 Å². The Labute approximate surface area is 190 Å². The van der Waals surface area contributed by atoms with Crippen molar-refractivity contribution in [2.24, 2.45) is 0 Å². The number of aromatic nitrogens is 1. The summed E-state index contributed by atoms with van der Waals surface area (Å²) in [6.45, 7) is 9.26. The van der Waals surface area contributed by atoms with Gasteiger partial charge in [0.25, 0.3) is 11.6 Å². The van der Waals surface area contributed by atoms with E-state index in [2.05, 4.69) is 28.1 Å². The molecule has 0 spiro atoms. The van der Waals surface area contributed by atoms with E-state index in [1.165, 1.54) is 18.2 Å². The number of piperazine rings is 1. The lowest BCUT2D eigenvalue weighted by atomic mass is 10.1. The number of halogens is 1. The Bertz CT molecular complexity index is 1190. The van der Waals surface area contributed by atoms with E-state index in [1.807, 2.05) is 19.1 Å². The fraction of sp³-hybridized carbons (Fsp3) is 0.304. The van der Waals surface area contributed by atoms with Crippen LogP contribution in [0, 0.1) is 17.0 Å². The summed E-state index contributed by atoms with van der Waals surface area (Å²) in [4.78, 5) is 32.6. The third-order valence-electron chi connectivity index (χ3n) is 5.81. The number of hydrogen-bond donors (Lipinski definition) is 1. The van der Waals surface area contributed by atoms with Gasteiger partial charge in [-0.2, -0.15) is 0 Å².